The molecule has 2 nitrogen and oxygen atoms in total. The minimum absolute atomic E-state index is 0.0122. The second kappa shape index (κ2) is 4.70. The maximum Gasteiger partial charge on any atom is 0.303 e. The Balaban J connectivity index is 2.41. The van der Waals surface area contributed by atoms with Crippen molar-refractivity contribution in [3.63, 3.8) is 0 Å². The molecule has 1 rings (SSSR count). The van der Waals surface area contributed by atoms with Crippen molar-refractivity contribution >= 4 is 17.7 Å². The van der Waals surface area contributed by atoms with Crippen LogP contribution in [0.15, 0.2) is 0 Å². The van der Waals surface area contributed by atoms with Gasteiger partial charge in [0.2, 0.25) is 0 Å². The van der Waals surface area contributed by atoms with Gasteiger partial charge in [0.1, 0.15) is 6.17 Å². The Morgan fingerprint density at radius 3 is 2.83 bits per heavy atom. The molecule has 0 bridgehead atoms. The van der Waals surface area contributed by atoms with Crippen molar-refractivity contribution in [1.82, 2.24) is 0 Å². The molecule has 0 amide bonds. The molecule has 0 unspecified atom stereocenters. The zero-order chi connectivity index (χ0) is 8.97. The fourth-order valence-electron chi connectivity index (χ4n) is 1.40. The van der Waals surface area contributed by atoms with Crippen molar-refractivity contribution in [1.29, 1.82) is 0 Å². The van der Waals surface area contributed by atoms with Crippen LogP contribution in [0.1, 0.15) is 19.3 Å². The molecule has 2 atom stereocenters. The maximum atomic E-state index is 13.2. The molecule has 0 spiro atoms. The highest BCUT2D eigenvalue weighted by molar-refractivity contribution is 7.99. The summed E-state index contributed by atoms with van der Waals surface area (Å²) in [5.74, 6) is 0.599. The average molecular weight is 192 g/mol. The highest BCUT2D eigenvalue weighted by Crippen LogP contribution is 2.27. The van der Waals surface area contributed by atoms with Gasteiger partial charge in [-0.15, -0.1) is 0 Å². The lowest BCUT2D eigenvalue weighted by atomic mass is 9.95. The SMILES string of the molecule is O=C(O)C[C@@H]1CCSCC[C@H]1F. The van der Waals surface area contributed by atoms with E-state index in [0.29, 0.717) is 12.8 Å². The van der Waals surface area contributed by atoms with Gasteiger partial charge in [0.15, 0.2) is 0 Å². The molecule has 1 N–H and O–H groups in total. The van der Waals surface area contributed by atoms with E-state index >= 15 is 0 Å². The summed E-state index contributed by atoms with van der Waals surface area (Å²) in [7, 11) is 0. The van der Waals surface area contributed by atoms with E-state index in [-0.39, 0.29) is 12.3 Å². The Hall–Kier alpha value is -0.250. The number of hydrogen-bond acceptors (Lipinski definition) is 2. The number of carboxylic acids is 1. The summed E-state index contributed by atoms with van der Waals surface area (Å²) >= 11 is 1.72. The van der Waals surface area contributed by atoms with Gasteiger partial charge in [0, 0.05) is 5.92 Å². The molecule has 12 heavy (non-hydrogen) atoms. The summed E-state index contributed by atoms with van der Waals surface area (Å²) in [6.07, 6.45) is 0.304. The molecule has 0 saturated carbocycles. The molecule has 0 aliphatic carbocycles. The van der Waals surface area contributed by atoms with Crippen molar-refractivity contribution in [3.05, 3.63) is 0 Å². The summed E-state index contributed by atoms with van der Waals surface area (Å²) in [6, 6.07) is 0. The average Bonchev–Trinajstić information content (AvgIpc) is 2.16. The van der Waals surface area contributed by atoms with E-state index in [2.05, 4.69) is 0 Å². The highest BCUT2D eigenvalue weighted by Gasteiger charge is 2.25. The third kappa shape index (κ3) is 3.01. The van der Waals surface area contributed by atoms with Crippen LogP contribution in [0.2, 0.25) is 0 Å². The minimum atomic E-state index is -0.906. The molecule has 0 aromatic heterocycles. The van der Waals surface area contributed by atoms with E-state index in [1.54, 1.807) is 11.8 Å². The molecule has 70 valence electrons. The van der Waals surface area contributed by atoms with E-state index in [1.165, 1.54) is 0 Å². The van der Waals surface area contributed by atoms with Crippen LogP contribution in [0, 0.1) is 5.92 Å². The van der Waals surface area contributed by atoms with Crippen LogP contribution in [-0.4, -0.2) is 28.8 Å². The van der Waals surface area contributed by atoms with Crippen molar-refractivity contribution in [3.8, 4) is 0 Å². The summed E-state index contributed by atoms with van der Waals surface area (Å²) in [5.41, 5.74) is 0. The Morgan fingerprint density at radius 2 is 2.17 bits per heavy atom. The lowest BCUT2D eigenvalue weighted by molar-refractivity contribution is -0.138. The number of thioether (sulfide) groups is 1. The van der Waals surface area contributed by atoms with Gasteiger partial charge in [-0.3, -0.25) is 4.79 Å². The Kier molecular flexibility index (Phi) is 3.85. The van der Waals surface area contributed by atoms with E-state index in [1.807, 2.05) is 0 Å². The van der Waals surface area contributed by atoms with Gasteiger partial charge in [-0.2, -0.15) is 11.8 Å². The van der Waals surface area contributed by atoms with Crippen LogP contribution in [0.25, 0.3) is 0 Å². The predicted molar refractivity (Wildman–Crippen MR) is 47.2 cm³/mol. The molecule has 4 heteroatoms. The number of carboxylic acid groups (broad SMARTS) is 1. The van der Waals surface area contributed by atoms with Crippen molar-refractivity contribution in [2.24, 2.45) is 5.92 Å². The van der Waals surface area contributed by atoms with Crippen molar-refractivity contribution < 1.29 is 14.3 Å². The first-order chi connectivity index (χ1) is 5.70. The van der Waals surface area contributed by atoms with Crippen LogP contribution in [-0.2, 0) is 4.79 Å². The van der Waals surface area contributed by atoms with Gasteiger partial charge >= 0.3 is 5.97 Å². The fourth-order valence-corrected chi connectivity index (χ4v) is 2.47. The Morgan fingerprint density at radius 1 is 1.50 bits per heavy atom. The van der Waals surface area contributed by atoms with Crippen LogP contribution < -0.4 is 0 Å². The van der Waals surface area contributed by atoms with Gasteiger partial charge in [0.05, 0.1) is 6.42 Å². The van der Waals surface area contributed by atoms with Gasteiger partial charge in [-0.25, -0.2) is 4.39 Å². The number of hydrogen-bond donors (Lipinski definition) is 1. The first-order valence-corrected chi connectivity index (χ1v) is 5.29. The van der Waals surface area contributed by atoms with Crippen LogP contribution in [0.5, 0.6) is 0 Å². The first kappa shape index (κ1) is 9.84. The van der Waals surface area contributed by atoms with Gasteiger partial charge in [-0.1, -0.05) is 0 Å². The molecule has 1 saturated heterocycles. The monoisotopic (exact) mass is 192 g/mol. The lowest BCUT2D eigenvalue weighted by Gasteiger charge is -2.14. The summed E-state index contributed by atoms with van der Waals surface area (Å²) in [5, 5.41) is 8.50. The highest BCUT2D eigenvalue weighted by atomic mass is 32.2. The van der Waals surface area contributed by atoms with Gasteiger partial charge in [-0.05, 0) is 24.3 Å². The molecule has 1 aliphatic heterocycles. The Bertz CT molecular complexity index is 163. The second-order valence-electron chi connectivity index (χ2n) is 3.06. The molecule has 1 fully saturated rings. The summed E-state index contributed by atoms with van der Waals surface area (Å²) in [4.78, 5) is 10.4. The Labute approximate surface area is 75.5 Å². The normalized spacial score (nSPS) is 31.1. The third-order valence-electron chi connectivity index (χ3n) is 2.12. The van der Waals surface area contributed by atoms with Gasteiger partial charge in [0.25, 0.3) is 0 Å². The zero-order valence-corrected chi connectivity index (χ0v) is 7.65. The number of rotatable bonds is 2. The molecular formula is C8H13FO2S. The standard InChI is InChI=1S/C8H13FO2S/c9-7-2-4-12-3-1-6(7)5-8(10)11/h6-7H,1-5H2,(H,10,11)/t6-,7+/m0/s1. The van der Waals surface area contributed by atoms with E-state index in [4.69, 9.17) is 5.11 Å². The second-order valence-corrected chi connectivity index (χ2v) is 4.29. The van der Waals surface area contributed by atoms with Crippen LogP contribution in [0.4, 0.5) is 4.39 Å². The van der Waals surface area contributed by atoms with Gasteiger partial charge < -0.3 is 5.11 Å². The number of carbonyl (C=O) groups is 1. The summed E-state index contributed by atoms with van der Waals surface area (Å²) < 4.78 is 13.2. The number of halogens is 1. The number of alkyl halides is 1. The molecule has 0 aromatic carbocycles. The quantitative estimate of drug-likeness (QED) is 0.726. The largest absolute Gasteiger partial charge is 0.481 e. The maximum absolute atomic E-state index is 13.2. The molecule has 0 radical (unpaired) electrons. The zero-order valence-electron chi connectivity index (χ0n) is 6.83. The van der Waals surface area contributed by atoms with E-state index in [0.717, 1.165) is 11.5 Å². The van der Waals surface area contributed by atoms with Crippen LogP contribution >= 0.6 is 11.8 Å². The third-order valence-corrected chi connectivity index (χ3v) is 3.17. The van der Waals surface area contributed by atoms with Crippen molar-refractivity contribution in [2.45, 2.75) is 25.4 Å². The lowest BCUT2D eigenvalue weighted by Crippen LogP contribution is -2.19. The van der Waals surface area contributed by atoms with Crippen LogP contribution in [0.3, 0.4) is 0 Å². The molecular weight excluding hydrogens is 179 g/mol. The van der Waals surface area contributed by atoms with Crippen molar-refractivity contribution in [2.75, 3.05) is 11.5 Å². The summed E-state index contributed by atoms with van der Waals surface area (Å²) in [6.45, 7) is 0. The first-order valence-electron chi connectivity index (χ1n) is 4.13. The topological polar surface area (TPSA) is 37.3 Å². The fraction of sp³-hybridized carbons (Fsp3) is 0.875. The minimum Gasteiger partial charge on any atom is -0.481 e. The predicted octanol–water partition coefficient (Wildman–Crippen LogP) is 1.94. The molecule has 1 aliphatic rings. The smallest absolute Gasteiger partial charge is 0.303 e. The van der Waals surface area contributed by atoms with E-state index in [9.17, 15) is 9.18 Å². The molecule has 0 aromatic rings. The molecule has 1 heterocycles. The van der Waals surface area contributed by atoms with E-state index < -0.39 is 12.1 Å². The number of aliphatic carboxylic acids is 1.